The maximum absolute atomic E-state index is 12.2. The maximum atomic E-state index is 12.2. The van der Waals surface area contributed by atoms with Crippen molar-refractivity contribution in [3.05, 3.63) is 64.7 Å². The molecule has 0 aliphatic rings. The first-order valence-electron chi connectivity index (χ1n) is 6.09. The molecule has 0 aromatic heterocycles. The Hall–Kier alpha value is -1.80. The molecule has 2 rings (SSSR count). The van der Waals surface area contributed by atoms with Gasteiger partial charge in [0.25, 0.3) is 0 Å². The Bertz CT molecular complexity index is 576. The maximum Gasteiger partial charge on any atom is 0.202 e. The third-order valence-electron chi connectivity index (χ3n) is 2.80. The first kappa shape index (κ1) is 13.6. The average molecular weight is 275 g/mol. The Morgan fingerprint density at radius 3 is 2.47 bits per heavy atom. The molecule has 0 saturated heterocycles. The van der Waals surface area contributed by atoms with Gasteiger partial charge in [-0.15, -0.1) is 0 Å². The molecule has 1 atom stereocenters. The minimum atomic E-state index is -0.525. The molecule has 0 fully saturated rings. The lowest BCUT2D eigenvalue weighted by Crippen LogP contribution is -2.23. The van der Waals surface area contributed by atoms with Gasteiger partial charge in [0.05, 0.1) is 0 Å². The summed E-state index contributed by atoms with van der Waals surface area (Å²) < 4.78 is 5.66. The van der Waals surface area contributed by atoms with E-state index in [0.717, 1.165) is 5.56 Å². The second-order valence-corrected chi connectivity index (χ2v) is 4.88. The van der Waals surface area contributed by atoms with Crippen LogP contribution in [0.4, 0.5) is 0 Å². The van der Waals surface area contributed by atoms with Gasteiger partial charge in [-0.25, -0.2) is 0 Å². The monoisotopic (exact) mass is 274 g/mol. The fraction of sp³-hybridized carbons (Fsp3) is 0.188. The van der Waals surface area contributed by atoms with E-state index >= 15 is 0 Å². The lowest BCUT2D eigenvalue weighted by Gasteiger charge is -2.14. The Balaban J connectivity index is 2.09. The van der Waals surface area contributed by atoms with Crippen LogP contribution in [-0.4, -0.2) is 11.9 Å². The average Bonchev–Trinajstić information content (AvgIpc) is 2.39. The third kappa shape index (κ3) is 3.58. The number of halogens is 1. The van der Waals surface area contributed by atoms with E-state index < -0.39 is 6.10 Å². The van der Waals surface area contributed by atoms with Gasteiger partial charge in [-0.05, 0) is 55.8 Å². The summed E-state index contributed by atoms with van der Waals surface area (Å²) in [6.45, 7) is 3.73. The molecule has 2 nitrogen and oxygen atoms in total. The molecule has 3 heteroatoms. The molecule has 0 aliphatic carbocycles. The lowest BCUT2D eigenvalue weighted by molar-refractivity contribution is 0.0818. The van der Waals surface area contributed by atoms with Gasteiger partial charge in [0.1, 0.15) is 5.75 Å². The van der Waals surface area contributed by atoms with E-state index in [0.29, 0.717) is 16.3 Å². The second kappa shape index (κ2) is 5.89. The molecule has 1 unspecified atom stereocenters. The van der Waals surface area contributed by atoms with Crippen LogP contribution >= 0.6 is 11.6 Å². The van der Waals surface area contributed by atoms with E-state index in [1.165, 1.54) is 0 Å². The number of carbonyl (C=O) groups is 1. The van der Waals surface area contributed by atoms with E-state index in [1.54, 1.807) is 31.2 Å². The molecule has 0 heterocycles. The van der Waals surface area contributed by atoms with Crippen LogP contribution in [0.2, 0.25) is 5.02 Å². The summed E-state index contributed by atoms with van der Waals surface area (Å²) >= 11 is 5.80. The van der Waals surface area contributed by atoms with Crippen LogP contribution in [-0.2, 0) is 0 Å². The molecular formula is C16H15ClO2. The van der Waals surface area contributed by atoms with Crippen molar-refractivity contribution in [2.45, 2.75) is 20.0 Å². The molecular weight excluding hydrogens is 260 g/mol. The topological polar surface area (TPSA) is 26.3 Å². The number of hydrogen-bond donors (Lipinski definition) is 0. The summed E-state index contributed by atoms with van der Waals surface area (Å²) in [4.78, 5) is 12.2. The quantitative estimate of drug-likeness (QED) is 0.777. The van der Waals surface area contributed by atoms with Gasteiger partial charge >= 0.3 is 0 Å². The van der Waals surface area contributed by atoms with Gasteiger partial charge in [0.15, 0.2) is 6.10 Å². The molecule has 0 aliphatic heterocycles. The molecule has 98 valence electrons. The van der Waals surface area contributed by atoms with E-state index in [4.69, 9.17) is 16.3 Å². The van der Waals surface area contributed by atoms with Crippen molar-refractivity contribution in [2.24, 2.45) is 0 Å². The molecule has 0 spiro atoms. The summed E-state index contributed by atoms with van der Waals surface area (Å²) in [7, 11) is 0. The van der Waals surface area contributed by atoms with Gasteiger partial charge in [-0.2, -0.15) is 0 Å². The zero-order valence-electron chi connectivity index (χ0n) is 10.9. The summed E-state index contributed by atoms with van der Waals surface area (Å²) in [6.07, 6.45) is -0.525. The number of ether oxygens (including phenoxy) is 1. The Kier molecular flexibility index (Phi) is 4.23. The van der Waals surface area contributed by atoms with Crippen LogP contribution in [0.5, 0.6) is 5.75 Å². The van der Waals surface area contributed by atoms with E-state index in [9.17, 15) is 4.79 Å². The van der Waals surface area contributed by atoms with Crippen LogP contribution in [0.15, 0.2) is 48.5 Å². The minimum absolute atomic E-state index is 0.0572. The SMILES string of the molecule is Cc1cccc(OC(C)C(=O)c2ccc(Cl)cc2)c1. The summed E-state index contributed by atoms with van der Waals surface area (Å²) in [5, 5.41) is 0.615. The first-order valence-corrected chi connectivity index (χ1v) is 6.47. The number of Topliss-reactive ketones (excluding diaryl/α,β-unsaturated/α-hetero) is 1. The molecule has 19 heavy (non-hydrogen) atoms. The van der Waals surface area contributed by atoms with Gasteiger partial charge < -0.3 is 4.74 Å². The highest BCUT2D eigenvalue weighted by atomic mass is 35.5. The summed E-state index contributed by atoms with van der Waals surface area (Å²) in [5.74, 6) is 0.646. The van der Waals surface area contributed by atoms with Crippen LogP contribution in [0, 0.1) is 6.92 Å². The molecule has 0 radical (unpaired) electrons. The van der Waals surface area contributed by atoms with Crippen molar-refractivity contribution in [1.82, 2.24) is 0 Å². The zero-order valence-corrected chi connectivity index (χ0v) is 11.6. The van der Waals surface area contributed by atoms with Crippen molar-refractivity contribution in [3.63, 3.8) is 0 Å². The van der Waals surface area contributed by atoms with Crippen molar-refractivity contribution < 1.29 is 9.53 Å². The van der Waals surface area contributed by atoms with Crippen LogP contribution in [0.3, 0.4) is 0 Å². The Morgan fingerprint density at radius 1 is 1.16 bits per heavy atom. The number of rotatable bonds is 4. The van der Waals surface area contributed by atoms with Crippen molar-refractivity contribution in [1.29, 1.82) is 0 Å². The van der Waals surface area contributed by atoms with Gasteiger partial charge in [-0.3, -0.25) is 4.79 Å². The highest BCUT2D eigenvalue weighted by Gasteiger charge is 2.16. The summed E-state index contributed by atoms with van der Waals surface area (Å²) in [5.41, 5.74) is 1.70. The number of aryl methyl sites for hydroxylation is 1. The predicted octanol–water partition coefficient (Wildman–Crippen LogP) is 4.30. The highest BCUT2D eigenvalue weighted by molar-refractivity contribution is 6.30. The van der Waals surface area contributed by atoms with E-state index in [-0.39, 0.29) is 5.78 Å². The predicted molar refractivity (Wildman–Crippen MR) is 77.1 cm³/mol. The van der Waals surface area contributed by atoms with Crippen LogP contribution in [0.25, 0.3) is 0 Å². The second-order valence-electron chi connectivity index (χ2n) is 4.45. The molecule has 0 bridgehead atoms. The molecule has 0 N–H and O–H groups in total. The van der Waals surface area contributed by atoms with Gasteiger partial charge in [0, 0.05) is 10.6 Å². The van der Waals surface area contributed by atoms with Crippen molar-refractivity contribution >= 4 is 17.4 Å². The Morgan fingerprint density at radius 2 is 1.84 bits per heavy atom. The Labute approximate surface area is 118 Å². The highest BCUT2D eigenvalue weighted by Crippen LogP contribution is 2.17. The zero-order chi connectivity index (χ0) is 13.8. The lowest BCUT2D eigenvalue weighted by atomic mass is 10.1. The molecule has 0 amide bonds. The number of ketones is 1. The van der Waals surface area contributed by atoms with Gasteiger partial charge in [0.2, 0.25) is 5.78 Å². The summed E-state index contributed by atoms with van der Waals surface area (Å²) in [6, 6.07) is 14.5. The minimum Gasteiger partial charge on any atom is -0.483 e. The number of benzene rings is 2. The fourth-order valence-electron chi connectivity index (χ4n) is 1.80. The third-order valence-corrected chi connectivity index (χ3v) is 3.05. The number of carbonyl (C=O) groups excluding carboxylic acids is 1. The standard InChI is InChI=1S/C16H15ClO2/c1-11-4-3-5-15(10-11)19-12(2)16(18)13-6-8-14(17)9-7-13/h3-10,12H,1-2H3. The van der Waals surface area contributed by atoms with Crippen LogP contribution < -0.4 is 4.74 Å². The largest absolute Gasteiger partial charge is 0.483 e. The molecule has 2 aromatic rings. The van der Waals surface area contributed by atoms with Crippen molar-refractivity contribution in [2.75, 3.05) is 0 Å². The fourth-order valence-corrected chi connectivity index (χ4v) is 1.92. The van der Waals surface area contributed by atoms with Gasteiger partial charge in [-0.1, -0.05) is 23.7 Å². The first-order chi connectivity index (χ1) is 9.06. The normalized spacial score (nSPS) is 11.9. The van der Waals surface area contributed by atoms with E-state index in [2.05, 4.69) is 0 Å². The van der Waals surface area contributed by atoms with Crippen LogP contribution in [0.1, 0.15) is 22.8 Å². The smallest absolute Gasteiger partial charge is 0.202 e. The number of hydrogen-bond acceptors (Lipinski definition) is 2. The van der Waals surface area contributed by atoms with E-state index in [1.807, 2.05) is 31.2 Å². The van der Waals surface area contributed by atoms with Crippen molar-refractivity contribution in [3.8, 4) is 5.75 Å². The molecule has 0 saturated carbocycles. The molecule has 2 aromatic carbocycles.